The average Bonchev–Trinajstić information content (AvgIpc) is 2.75. The number of anilines is 1. The number of hydrogen-bond donors (Lipinski definition) is 1. The highest BCUT2D eigenvalue weighted by Gasteiger charge is 2.24. The number of hydrogen-bond acceptors (Lipinski definition) is 5. The van der Waals surface area contributed by atoms with Crippen molar-refractivity contribution >= 4 is 11.5 Å². The lowest BCUT2D eigenvalue weighted by atomic mass is 10.1. The van der Waals surface area contributed by atoms with E-state index in [1.54, 1.807) is 16.8 Å². The van der Waals surface area contributed by atoms with Gasteiger partial charge in [-0.25, -0.2) is 4.68 Å². The van der Waals surface area contributed by atoms with Crippen LogP contribution in [0.3, 0.4) is 0 Å². The zero-order chi connectivity index (χ0) is 15.8. The fourth-order valence-electron chi connectivity index (χ4n) is 2.00. The zero-order valence-corrected chi connectivity index (χ0v) is 12.0. The van der Waals surface area contributed by atoms with E-state index in [9.17, 15) is 15.4 Å². The van der Waals surface area contributed by atoms with Gasteiger partial charge in [-0.05, 0) is 32.9 Å². The van der Waals surface area contributed by atoms with Crippen LogP contribution in [-0.4, -0.2) is 14.7 Å². The van der Waals surface area contributed by atoms with E-state index in [0.717, 1.165) is 0 Å². The van der Waals surface area contributed by atoms with Crippen molar-refractivity contribution in [1.82, 2.24) is 9.78 Å². The molecule has 0 fully saturated rings. The molecule has 0 atom stereocenters. The van der Waals surface area contributed by atoms with Crippen LogP contribution in [0, 0.1) is 21.4 Å². The summed E-state index contributed by atoms with van der Waals surface area (Å²) in [6, 6.07) is 7.93. The molecule has 0 spiro atoms. The van der Waals surface area contributed by atoms with E-state index in [-0.39, 0.29) is 16.8 Å². The van der Waals surface area contributed by atoms with Gasteiger partial charge in [-0.15, -0.1) is 0 Å². The smallest absolute Gasteiger partial charge is 0.269 e. The third-order valence-electron chi connectivity index (χ3n) is 3.02. The van der Waals surface area contributed by atoms with E-state index in [0.29, 0.717) is 17.1 Å². The van der Waals surface area contributed by atoms with E-state index in [1.807, 2.05) is 20.8 Å². The Morgan fingerprint density at radius 1 is 1.33 bits per heavy atom. The molecule has 7 heteroatoms. The predicted octanol–water partition coefficient (Wildman–Crippen LogP) is 2.67. The standard InChI is InChI=1S/C14H15N5O2/c1-14(2,3)18-13(16)11(8-15)12(17-18)9-4-6-10(7-5-9)19(20)21/h4-7H,16H2,1-3H3. The second kappa shape index (κ2) is 4.90. The second-order valence-electron chi connectivity index (χ2n) is 5.61. The van der Waals surface area contributed by atoms with Crippen molar-refractivity contribution in [3.05, 3.63) is 39.9 Å². The highest BCUT2D eigenvalue weighted by Crippen LogP contribution is 2.31. The Bertz CT molecular complexity index is 732. The van der Waals surface area contributed by atoms with Gasteiger partial charge in [-0.2, -0.15) is 10.4 Å². The summed E-state index contributed by atoms with van der Waals surface area (Å²) >= 11 is 0. The predicted molar refractivity (Wildman–Crippen MR) is 78.4 cm³/mol. The van der Waals surface area contributed by atoms with Crippen molar-refractivity contribution in [2.75, 3.05) is 5.73 Å². The number of nitro benzene ring substituents is 1. The van der Waals surface area contributed by atoms with Crippen molar-refractivity contribution in [3.63, 3.8) is 0 Å². The Hall–Kier alpha value is -2.88. The lowest BCUT2D eigenvalue weighted by Crippen LogP contribution is -2.24. The minimum atomic E-state index is -0.475. The van der Waals surface area contributed by atoms with Crippen LogP contribution in [0.15, 0.2) is 24.3 Å². The summed E-state index contributed by atoms with van der Waals surface area (Å²) in [5.74, 6) is 0.290. The van der Waals surface area contributed by atoms with Crippen molar-refractivity contribution in [2.24, 2.45) is 0 Å². The minimum Gasteiger partial charge on any atom is -0.383 e. The number of nitrogens with zero attached hydrogens (tertiary/aromatic N) is 4. The molecule has 0 amide bonds. The van der Waals surface area contributed by atoms with Gasteiger partial charge in [-0.1, -0.05) is 0 Å². The number of nitriles is 1. The number of nitrogen functional groups attached to an aromatic ring is 1. The summed E-state index contributed by atoms with van der Waals surface area (Å²) < 4.78 is 1.59. The topological polar surface area (TPSA) is 111 Å². The third-order valence-corrected chi connectivity index (χ3v) is 3.02. The molecule has 1 aromatic heterocycles. The van der Waals surface area contributed by atoms with Gasteiger partial charge in [0, 0.05) is 17.7 Å². The number of nitro groups is 1. The fourth-order valence-corrected chi connectivity index (χ4v) is 2.00. The molecule has 21 heavy (non-hydrogen) atoms. The first-order valence-electron chi connectivity index (χ1n) is 6.29. The van der Waals surface area contributed by atoms with Crippen LogP contribution in [0.25, 0.3) is 11.3 Å². The van der Waals surface area contributed by atoms with Crippen LogP contribution in [0.4, 0.5) is 11.5 Å². The third kappa shape index (κ3) is 2.56. The number of aromatic nitrogens is 2. The van der Waals surface area contributed by atoms with Gasteiger partial charge < -0.3 is 5.73 Å². The minimum absolute atomic E-state index is 0.0134. The monoisotopic (exact) mass is 285 g/mol. The molecular formula is C14H15N5O2. The summed E-state index contributed by atoms with van der Waals surface area (Å²) in [5.41, 5.74) is 6.93. The van der Waals surface area contributed by atoms with Crippen LogP contribution in [0.1, 0.15) is 26.3 Å². The summed E-state index contributed by atoms with van der Waals surface area (Å²) in [7, 11) is 0. The summed E-state index contributed by atoms with van der Waals surface area (Å²) in [4.78, 5) is 10.2. The van der Waals surface area contributed by atoms with Crippen LogP contribution in [0.5, 0.6) is 0 Å². The first-order chi connectivity index (χ1) is 9.75. The second-order valence-corrected chi connectivity index (χ2v) is 5.61. The van der Waals surface area contributed by atoms with Crippen LogP contribution < -0.4 is 5.73 Å². The molecule has 0 aliphatic heterocycles. The Morgan fingerprint density at radius 2 is 1.90 bits per heavy atom. The Morgan fingerprint density at radius 3 is 2.33 bits per heavy atom. The molecule has 0 radical (unpaired) electrons. The maximum Gasteiger partial charge on any atom is 0.269 e. The van der Waals surface area contributed by atoms with Crippen molar-refractivity contribution in [1.29, 1.82) is 5.26 Å². The summed E-state index contributed by atoms with van der Waals surface area (Å²) in [6.07, 6.45) is 0. The molecule has 0 aliphatic carbocycles. The molecule has 1 aromatic carbocycles. The van der Waals surface area contributed by atoms with Crippen LogP contribution >= 0.6 is 0 Å². The van der Waals surface area contributed by atoms with Crippen LogP contribution in [0.2, 0.25) is 0 Å². The molecule has 0 bridgehead atoms. The number of benzene rings is 1. The summed E-state index contributed by atoms with van der Waals surface area (Å²) in [6.45, 7) is 5.78. The first-order valence-corrected chi connectivity index (χ1v) is 6.29. The first kappa shape index (κ1) is 14.5. The number of non-ortho nitro benzene ring substituents is 1. The quantitative estimate of drug-likeness (QED) is 0.673. The number of rotatable bonds is 2. The van der Waals surface area contributed by atoms with Gasteiger partial charge in [0.05, 0.1) is 10.5 Å². The lowest BCUT2D eigenvalue weighted by Gasteiger charge is -2.20. The van der Waals surface area contributed by atoms with E-state index < -0.39 is 4.92 Å². The molecular weight excluding hydrogens is 270 g/mol. The van der Waals surface area contributed by atoms with Crippen molar-refractivity contribution < 1.29 is 4.92 Å². The van der Waals surface area contributed by atoms with Crippen molar-refractivity contribution in [2.45, 2.75) is 26.3 Å². The SMILES string of the molecule is CC(C)(C)n1nc(-c2ccc([N+](=O)[O-])cc2)c(C#N)c1N. The maximum absolute atomic E-state index is 10.7. The molecule has 2 N–H and O–H groups in total. The highest BCUT2D eigenvalue weighted by molar-refractivity contribution is 5.73. The molecule has 1 heterocycles. The maximum atomic E-state index is 10.7. The van der Waals surface area contributed by atoms with Gasteiger partial charge in [0.25, 0.3) is 5.69 Å². The van der Waals surface area contributed by atoms with E-state index in [2.05, 4.69) is 11.2 Å². The normalized spacial score (nSPS) is 11.1. The largest absolute Gasteiger partial charge is 0.383 e. The average molecular weight is 285 g/mol. The van der Waals surface area contributed by atoms with Gasteiger partial charge in [-0.3, -0.25) is 10.1 Å². The van der Waals surface area contributed by atoms with E-state index in [4.69, 9.17) is 5.73 Å². The molecule has 0 saturated carbocycles. The number of nitrogens with two attached hydrogens (primary N) is 1. The Kier molecular flexibility index (Phi) is 3.39. The van der Waals surface area contributed by atoms with Gasteiger partial charge in [0.2, 0.25) is 0 Å². The van der Waals surface area contributed by atoms with Gasteiger partial charge in [0.1, 0.15) is 23.1 Å². The van der Waals surface area contributed by atoms with Gasteiger partial charge in [0.15, 0.2) is 0 Å². The Labute approximate surface area is 121 Å². The van der Waals surface area contributed by atoms with Crippen molar-refractivity contribution in [3.8, 4) is 17.3 Å². The van der Waals surface area contributed by atoms with E-state index >= 15 is 0 Å². The highest BCUT2D eigenvalue weighted by atomic mass is 16.6. The lowest BCUT2D eigenvalue weighted by molar-refractivity contribution is -0.384. The zero-order valence-electron chi connectivity index (χ0n) is 12.0. The van der Waals surface area contributed by atoms with Gasteiger partial charge >= 0.3 is 0 Å². The Balaban J connectivity index is 2.59. The molecule has 2 aromatic rings. The molecule has 108 valence electrons. The molecule has 0 unspecified atom stereocenters. The van der Waals surface area contributed by atoms with E-state index in [1.165, 1.54) is 12.1 Å². The molecule has 2 rings (SSSR count). The molecule has 0 saturated heterocycles. The molecule has 0 aliphatic rings. The summed E-state index contributed by atoms with van der Waals surface area (Å²) in [5, 5.41) is 24.4. The fraction of sp³-hybridized carbons (Fsp3) is 0.286. The molecule has 7 nitrogen and oxygen atoms in total. The van der Waals surface area contributed by atoms with Crippen LogP contribution in [-0.2, 0) is 5.54 Å².